The maximum absolute atomic E-state index is 13.4. The van der Waals surface area contributed by atoms with Crippen LogP contribution < -0.4 is 4.90 Å². The quantitative estimate of drug-likeness (QED) is 0.796. The van der Waals surface area contributed by atoms with E-state index in [1.54, 1.807) is 6.07 Å². The summed E-state index contributed by atoms with van der Waals surface area (Å²) in [4.78, 5) is 2.23. The molecule has 1 aromatic carbocycles. The lowest BCUT2D eigenvalue weighted by Gasteiger charge is -2.26. The molecule has 1 aliphatic carbocycles. The third kappa shape index (κ3) is 2.97. The molecule has 2 rings (SSSR count). The summed E-state index contributed by atoms with van der Waals surface area (Å²) in [6.07, 6.45) is 2.34. The lowest BCUT2D eigenvalue weighted by Crippen LogP contribution is -2.29. The van der Waals surface area contributed by atoms with Gasteiger partial charge in [-0.05, 0) is 37.0 Å². The van der Waals surface area contributed by atoms with Crippen molar-refractivity contribution in [3.05, 3.63) is 29.6 Å². The summed E-state index contributed by atoms with van der Waals surface area (Å²) < 4.78 is 13.4. The molecule has 0 amide bonds. The van der Waals surface area contributed by atoms with Crippen LogP contribution in [0.3, 0.4) is 0 Å². The molecule has 0 radical (unpaired) electrons. The zero-order valence-corrected chi connectivity index (χ0v) is 10.3. The Morgan fingerprint density at radius 1 is 1.41 bits per heavy atom. The molecule has 0 saturated heterocycles. The van der Waals surface area contributed by atoms with E-state index in [1.807, 2.05) is 6.07 Å². The highest BCUT2D eigenvalue weighted by Gasteiger charge is 2.29. The van der Waals surface area contributed by atoms with Crippen molar-refractivity contribution in [2.45, 2.75) is 32.7 Å². The molecule has 1 aliphatic rings. The van der Waals surface area contributed by atoms with Crippen molar-refractivity contribution in [3.63, 3.8) is 0 Å². The van der Waals surface area contributed by atoms with Crippen LogP contribution in [0.25, 0.3) is 0 Å². The van der Waals surface area contributed by atoms with Crippen LogP contribution >= 0.6 is 0 Å². The highest BCUT2D eigenvalue weighted by atomic mass is 19.1. The predicted molar refractivity (Wildman–Crippen MR) is 66.3 cm³/mol. The zero-order valence-electron chi connectivity index (χ0n) is 10.3. The lowest BCUT2D eigenvalue weighted by molar-refractivity contribution is 0.599. The van der Waals surface area contributed by atoms with E-state index in [0.717, 1.165) is 12.2 Å². The average Bonchev–Trinajstić information content (AvgIpc) is 3.08. The first-order valence-corrected chi connectivity index (χ1v) is 6.07. The zero-order chi connectivity index (χ0) is 12.4. The predicted octanol–water partition coefficient (Wildman–Crippen LogP) is 3.32. The molecule has 0 bridgehead atoms. The van der Waals surface area contributed by atoms with E-state index in [1.165, 1.54) is 25.0 Å². The molecular formula is C14H17FN2. The molecule has 0 unspecified atom stereocenters. The van der Waals surface area contributed by atoms with Crippen molar-refractivity contribution in [2.24, 2.45) is 5.92 Å². The first kappa shape index (κ1) is 11.9. The van der Waals surface area contributed by atoms with Crippen LogP contribution in [0.15, 0.2) is 18.2 Å². The van der Waals surface area contributed by atoms with Gasteiger partial charge < -0.3 is 4.90 Å². The van der Waals surface area contributed by atoms with Gasteiger partial charge in [-0.3, -0.25) is 0 Å². The molecule has 2 nitrogen and oxygen atoms in total. The maximum Gasteiger partial charge on any atom is 0.126 e. The van der Waals surface area contributed by atoms with Crippen molar-refractivity contribution in [3.8, 4) is 6.07 Å². The van der Waals surface area contributed by atoms with Gasteiger partial charge in [0.1, 0.15) is 5.82 Å². The number of nitriles is 1. The summed E-state index contributed by atoms with van der Waals surface area (Å²) in [5, 5.41) is 8.87. The van der Waals surface area contributed by atoms with Crippen LogP contribution in [-0.2, 0) is 0 Å². The Hall–Kier alpha value is -1.56. The standard InChI is InChI=1S/C14H17FN2/c1-10(2)9-17(13-3-4-13)14-6-11(8-16)5-12(15)7-14/h5-7,10,13H,3-4,9H2,1-2H3. The minimum absolute atomic E-state index is 0.326. The number of hydrogen-bond acceptors (Lipinski definition) is 2. The lowest BCUT2D eigenvalue weighted by atomic mass is 10.1. The van der Waals surface area contributed by atoms with Crippen molar-refractivity contribution in [2.75, 3.05) is 11.4 Å². The maximum atomic E-state index is 13.4. The van der Waals surface area contributed by atoms with Crippen LogP contribution in [0, 0.1) is 23.1 Å². The third-order valence-electron chi connectivity index (χ3n) is 2.89. The molecule has 0 N–H and O–H groups in total. The Morgan fingerprint density at radius 2 is 2.12 bits per heavy atom. The van der Waals surface area contributed by atoms with Gasteiger partial charge >= 0.3 is 0 Å². The highest BCUT2D eigenvalue weighted by molar-refractivity contribution is 5.53. The van der Waals surface area contributed by atoms with Gasteiger partial charge in [0.15, 0.2) is 0 Å². The molecular weight excluding hydrogens is 215 g/mol. The highest BCUT2D eigenvalue weighted by Crippen LogP contribution is 2.33. The van der Waals surface area contributed by atoms with Gasteiger partial charge in [-0.25, -0.2) is 4.39 Å². The first-order chi connectivity index (χ1) is 8.10. The molecule has 90 valence electrons. The molecule has 1 fully saturated rings. The SMILES string of the molecule is CC(C)CN(c1cc(F)cc(C#N)c1)C1CC1. The fraction of sp³-hybridized carbons (Fsp3) is 0.500. The number of hydrogen-bond donors (Lipinski definition) is 0. The van der Waals surface area contributed by atoms with Crippen LogP contribution in [0.2, 0.25) is 0 Å². The van der Waals surface area contributed by atoms with Gasteiger partial charge in [-0.15, -0.1) is 0 Å². The molecule has 1 aromatic rings. The second kappa shape index (κ2) is 4.75. The van der Waals surface area contributed by atoms with E-state index in [-0.39, 0.29) is 5.82 Å². The summed E-state index contributed by atoms with van der Waals surface area (Å²) in [6, 6.07) is 7.13. The fourth-order valence-corrected chi connectivity index (χ4v) is 2.05. The number of rotatable bonds is 4. The molecule has 0 heterocycles. The minimum Gasteiger partial charge on any atom is -0.368 e. The van der Waals surface area contributed by atoms with Crippen LogP contribution in [-0.4, -0.2) is 12.6 Å². The van der Waals surface area contributed by atoms with E-state index < -0.39 is 0 Å². The topological polar surface area (TPSA) is 27.0 Å². The summed E-state index contributed by atoms with van der Waals surface area (Å²) in [5.41, 5.74) is 1.24. The average molecular weight is 232 g/mol. The minimum atomic E-state index is -0.326. The number of anilines is 1. The van der Waals surface area contributed by atoms with Gasteiger partial charge in [0.2, 0.25) is 0 Å². The summed E-state index contributed by atoms with van der Waals surface area (Å²) in [7, 11) is 0. The Labute approximate surface area is 102 Å². The van der Waals surface area contributed by atoms with E-state index in [0.29, 0.717) is 17.5 Å². The number of nitrogens with zero attached hydrogens (tertiary/aromatic N) is 2. The second-order valence-electron chi connectivity index (χ2n) is 5.09. The normalized spacial score (nSPS) is 14.8. The van der Waals surface area contributed by atoms with Gasteiger partial charge in [0.25, 0.3) is 0 Å². The van der Waals surface area contributed by atoms with E-state index in [2.05, 4.69) is 18.7 Å². The molecule has 0 atom stereocenters. The van der Waals surface area contributed by atoms with Gasteiger partial charge in [-0.1, -0.05) is 13.8 Å². The van der Waals surface area contributed by atoms with Crippen molar-refractivity contribution < 1.29 is 4.39 Å². The van der Waals surface area contributed by atoms with Gasteiger partial charge in [-0.2, -0.15) is 5.26 Å². The van der Waals surface area contributed by atoms with E-state index >= 15 is 0 Å². The Morgan fingerprint density at radius 3 is 2.65 bits per heavy atom. The fourth-order valence-electron chi connectivity index (χ4n) is 2.05. The van der Waals surface area contributed by atoms with Crippen molar-refractivity contribution >= 4 is 5.69 Å². The van der Waals surface area contributed by atoms with Gasteiger partial charge in [0, 0.05) is 18.3 Å². The molecule has 0 spiro atoms. The summed E-state index contributed by atoms with van der Waals surface area (Å²) >= 11 is 0. The van der Waals surface area contributed by atoms with Crippen molar-refractivity contribution in [1.82, 2.24) is 0 Å². The first-order valence-electron chi connectivity index (χ1n) is 6.07. The summed E-state index contributed by atoms with van der Waals surface area (Å²) in [6.45, 7) is 5.22. The number of halogens is 1. The summed E-state index contributed by atoms with van der Waals surface area (Å²) in [5.74, 6) is 0.206. The Bertz CT molecular complexity index is 444. The molecule has 0 aliphatic heterocycles. The monoisotopic (exact) mass is 232 g/mol. The van der Waals surface area contributed by atoms with Crippen LogP contribution in [0.4, 0.5) is 10.1 Å². The smallest absolute Gasteiger partial charge is 0.126 e. The third-order valence-corrected chi connectivity index (χ3v) is 2.89. The second-order valence-corrected chi connectivity index (χ2v) is 5.09. The van der Waals surface area contributed by atoms with Crippen LogP contribution in [0.5, 0.6) is 0 Å². The Balaban J connectivity index is 2.29. The largest absolute Gasteiger partial charge is 0.368 e. The molecule has 0 aromatic heterocycles. The molecule has 1 saturated carbocycles. The van der Waals surface area contributed by atoms with E-state index in [4.69, 9.17) is 5.26 Å². The van der Waals surface area contributed by atoms with E-state index in [9.17, 15) is 4.39 Å². The molecule has 17 heavy (non-hydrogen) atoms. The molecule has 3 heteroatoms. The van der Waals surface area contributed by atoms with Crippen LogP contribution in [0.1, 0.15) is 32.3 Å². The Kier molecular flexibility index (Phi) is 3.33. The van der Waals surface area contributed by atoms with Gasteiger partial charge in [0.05, 0.1) is 11.6 Å². The number of benzene rings is 1. The van der Waals surface area contributed by atoms with Crippen molar-refractivity contribution in [1.29, 1.82) is 5.26 Å².